The van der Waals surface area contributed by atoms with Crippen LogP contribution in [-0.2, 0) is 0 Å². The SMILES string of the molecule is Cc1cc(-c2ccc(N)nc2)ccc1Cl. The van der Waals surface area contributed by atoms with Gasteiger partial charge in [0.05, 0.1) is 0 Å². The van der Waals surface area contributed by atoms with Gasteiger partial charge in [-0.2, -0.15) is 0 Å². The Hall–Kier alpha value is -1.54. The van der Waals surface area contributed by atoms with Gasteiger partial charge >= 0.3 is 0 Å². The lowest BCUT2D eigenvalue weighted by Crippen LogP contribution is -1.89. The Labute approximate surface area is 93.7 Å². The number of aryl methyl sites for hydroxylation is 1. The summed E-state index contributed by atoms with van der Waals surface area (Å²) in [7, 11) is 0. The molecule has 0 atom stereocenters. The van der Waals surface area contributed by atoms with Crippen LogP contribution in [0.1, 0.15) is 5.56 Å². The third-order valence-corrected chi connectivity index (χ3v) is 2.70. The van der Waals surface area contributed by atoms with E-state index < -0.39 is 0 Å². The van der Waals surface area contributed by atoms with Crippen molar-refractivity contribution in [3.05, 3.63) is 47.1 Å². The topological polar surface area (TPSA) is 38.9 Å². The molecule has 0 aliphatic carbocycles. The molecule has 15 heavy (non-hydrogen) atoms. The summed E-state index contributed by atoms with van der Waals surface area (Å²) < 4.78 is 0. The minimum atomic E-state index is 0.532. The molecule has 0 spiro atoms. The standard InChI is InChI=1S/C12H11ClN2/c1-8-6-9(2-4-11(8)13)10-3-5-12(14)15-7-10/h2-7H,1H3,(H2,14,15). The third-order valence-electron chi connectivity index (χ3n) is 2.28. The lowest BCUT2D eigenvalue weighted by atomic mass is 10.1. The molecule has 0 aliphatic rings. The van der Waals surface area contributed by atoms with Crippen molar-refractivity contribution in [1.29, 1.82) is 0 Å². The number of benzene rings is 1. The average molecular weight is 219 g/mol. The highest BCUT2D eigenvalue weighted by Crippen LogP contribution is 2.24. The number of hydrogen-bond donors (Lipinski definition) is 1. The van der Waals surface area contributed by atoms with Crippen molar-refractivity contribution in [2.75, 3.05) is 5.73 Å². The molecule has 0 bridgehead atoms. The smallest absolute Gasteiger partial charge is 0.123 e. The van der Waals surface area contributed by atoms with Gasteiger partial charge in [-0.1, -0.05) is 17.7 Å². The minimum Gasteiger partial charge on any atom is -0.384 e. The van der Waals surface area contributed by atoms with Crippen molar-refractivity contribution in [3.63, 3.8) is 0 Å². The molecule has 1 heterocycles. The van der Waals surface area contributed by atoms with E-state index in [0.717, 1.165) is 21.7 Å². The van der Waals surface area contributed by atoms with E-state index in [1.807, 2.05) is 31.2 Å². The summed E-state index contributed by atoms with van der Waals surface area (Å²) in [4.78, 5) is 4.05. The highest BCUT2D eigenvalue weighted by molar-refractivity contribution is 6.31. The van der Waals surface area contributed by atoms with Gasteiger partial charge in [-0.25, -0.2) is 4.98 Å². The molecular formula is C12H11ClN2. The van der Waals surface area contributed by atoms with Gasteiger partial charge in [0.2, 0.25) is 0 Å². The van der Waals surface area contributed by atoms with Gasteiger partial charge in [0, 0.05) is 16.8 Å². The molecule has 0 aliphatic heterocycles. The van der Waals surface area contributed by atoms with Gasteiger partial charge < -0.3 is 5.73 Å². The van der Waals surface area contributed by atoms with Crippen LogP contribution < -0.4 is 5.73 Å². The van der Waals surface area contributed by atoms with Crippen LogP contribution in [0.4, 0.5) is 5.82 Å². The number of halogens is 1. The summed E-state index contributed by atoms with van der Waals surface area (Å²) in [5, 5.41) is 0.780. The summed E-state index contributed by atoms with van der Waals surface area (Å²) in [6.07, 6.45) is 1.76. The second kappa shape index (κ2) is 3.91. The van der Waals surface area contributed by atoms with E-state index in [4.69, 9.17) is 17.3 Å². The monoisotopic (exact) mass is 218 g/mol. The normalized spacial score (nSPS) is 10.3. The zero-order chi connectivity index (χ0) is 10.8. The number of pyridine rings is 1. The maximum absolute atomic E-state index is 5.96. The van der Waals surface area contributed by atoms with Crippen molar-refractivity contribution >= 4 is 17.4 Å². The molecule has 3 heteroatoms. The predicted octanol–water partition coefficient (Wildman–Crippen LogP) is 3.29. The fraction of sp³-hybridized carbons (Fsp3) is 0.0833. The van der Waals surface area contributed by atoms with Gasteiger partial charge in [0.25, 0.3) is 0 Å². The van der Waals surface area contributed by atoms with Crippen LogP contribution in [0.15, 0.2) is 36.5 Å². The first-order valence-corrected chi connectivity index (χ1v) is 5.02. The maximum Gasteiger partial charge on any atom is 0.123 e. The second-order valence-electron chi connectivity index (χ2n) is 3.44. The molecule has 0 saturated carbocycles. The van der Waals surface area contributed by atoms with E-state index in [1.165, 1.54) is 0 Å². The van der Waals surface area contributed by atoms with Crippen LogP contribution in [0.5, 0.6) is 0 Å². The molecule has 1 aromatic heterocycles. The fourth-order valence-electron chi connectivity index (χ4n) is 1.40. The van der Waals surface area contributed by atoms with Crippen molar-refractivity contribution in [2.45, 2.75) is 6.92 Å². The molecule has 2 aromatic rings. The molecule has 1 aromatic carbocycles. The molecule has 76 valence electrons. The zero-order valence-corrected chi connectivity index (χ0v) is 9.12. The van der Waals surface area contributed by atoms with E-state index in [-0.39, 0.29) is 0 Å². The van der Waals surface area contributed by atoms with Crippen LogP contribution in [0.3, 0.4) is 0 Å². The minimum absolute atomic E-state index is 0.532. The summed E-state index contributed by atoms with van der Waals surface area (Å²) in [5.74, 6) is 0.532. The second-order valence-corrected chi connectivity index (χ2v) is 3.84. The molecule has 0 saturated heterocycles. The van der Waals surface area contributed by atoms with E-state index in [2.05, 4.69) is 4.98 Å². The number of anilines is 1. The molecule has 0 radical (unpaired) electrons. The molecule has 2 nitrogen and oxygen atoms in total. The van der Waals surface area contributed by atoms with Gasteiger partial charge in [-0.3, -0.25) is 0 Å². The fourth-order valence-corrected chi connectivity index (χ4v) is 1.52. The maximum atomic E-state index is 5.96. The Morgan fingerprint density at radius 2 is 1.87 bits per heavy atom. The summed E-state index contributed by atoms with van der Waals surface area (Å²) in [6.45, 7) is 1.98. The number of aromatic nitrogens is 1. The van der Waals surface area contributed by atoms with E-state index in [0.29, 0.717) is 5.82 Å². The van der Waals surface area contributed by atoms with Crippen LogP contribution in [0.25, 0.3) is 11.1 Å². The number of rotatable bonds is 1. The summed E-state index contributed by atoms with van der Waals surface area (Å²) >= 11 is 5.96. The van der Waals surface area contributed by atoms with Crippen molar-refractivity contribution in [1.82, 2.24) is 4.98 Å². The molecule has 0 amide bonds. The van der Waals surface area contributed by atoms with Crippen molar-refractivity contribution in [3.8, 4) is 11.1 Å². The van der Waals surface area contributed by atoms with Crippen LogP contribution in [0, 0.1) is 6.92 Å². The van der Waals surface area contributed by atoms with Gasteiger partial charge in [-0.15, -0.1) is 0 Å². The Morgan fingerprint density at radius 1 is 1.13 bits per heavy atom. The zero-order valence-electron chi connectivity index (χ0n) is 8.37. The van der Waals surface area contributed by atoms with E-state index in [1.54, 1.807) is 12.3 Å². The third kappa shape index (κ3) is 2.10. The van der Waals surface area contributed by atoms with Crippen molar-refractivity contribution < 1.29 is 0 Å². The first-order chi connectivity index (χ1) is 7.16. The van der Waals surface area contributed by atoms with Gasteiger partial charge in [0.15, 0.2) is 0 Å². The Kier molecular flexibility index (Phi) is 2.60. The highest BCUT2D eigenvalue weighted by atomic mass is 35.5. The van der Waals surface area contributed by atoms with E-state index in [9.17, 15) is 0 Å². The summed E-state index contributed by atoms with van der Waals surface area (Å²) in [5.41, 5.74) is 8.73. The predicted molar refractivity (Wildman–Crippen MR) is 63.8 cm³/mol. The first-order valence-electron chi connectivity index (χ1n) is 4.65. The quantitative estimate of drug-likeness (QED) is 0.798. The van der Waals surface area contributed by atoms with E-state index >= 15 is 0 Å². The van der Waals surface area contributed by atoms with Crippen LogP contribution in [0.2, 0.25) is 5.02 Å². The number of nitrogen functional groups attached to an aromatic ring is 1. The lowest BCUT2D eigenvalue weighted by molar-refractivity contribution is 1.33. The number of nitrogens with two attached hydrogens (primary N) is 1. The number of nitrogens with zero attached hydrogens (tertiary/aromatic N) is 1. The molecule has 0 fully saturated rings. The van der Waals surface area contributed by atoms with Crippen molar-refractivity contribution in [2.24, 2.45) is 0 Å². The highest BCUT2D eigenvalue weighted by Gasteiger charge is 2.00. The Morgan fingerprint density at radius 3 is 2.47 bits per heavy atom. The summed E-state index contributed by atoms with van der Waals surface area (Å²) in [6, 6.07) is 9.64. The van der Waals surface area contributed by atoms with Crippen LogP contribution >= 0.6 is 11.6 Å². The first kappa shape index (κ1) is 9.99. The lowest BCUT2D eigenvalue weighted by Gasteiger charge is -2.04. The largest absolute Gasteiger partial charge is 0.384 e. The average Bonchev–Trinajstić information content (AvgIpc) is 2.23. The molecule has 2 N–H and O–H groups in total. The molecule has 2 rings (SSSR count). The Balaban J connectivity index is 2.45. The Bertz CT molecular complexity index is 477. The van der Waals surface area contributed by atoms with Gasteiger partial charge in [0.1, 0.15) is 5.82 Å². The number of hydrogen-bond acceptors (Lipinski definition) is 2. The van der Waals surface area contributed by atoms with Gasteiger partial charge in [-0.05, 0) is 42.3 Å². The molecular weight excluding hydrogens is 208 g/mol. The molecule has 0 unspecified atom stereocenters. The van der Waals surface area contributed by atoms with Crippen LogP contribution in [-0.4, -0.2) is 4.98 Å².